The zero-order valence-corrected chi connectivity index (χ0v) is 16.6. The fourth-order valence-electron chi connectivity index (χ4n) is 6.53. The van der Waals surface area contributed by atoms with E-state index in [4.69, 9.17) is 0 Å². The molecule has 3 fully saturated rings. The zero-order valence-electron chi connectivity index (χ0n) is 16.6. The molecule has 0 spiro atoms. The highest BCUT2D eigenvalue weighted by Gasteiger charge is 2.54. The topological polar surface area (TPSA) is 72.7 Å². The minimum atomic E-state index is -0.0808. The highest BCUT2D eigenvalue weighted by Crippen LogP contribution is 2.58. The summed E-state index contributed by atoms with van der Waals surface area (Å²) >= 11 is 0. The lowest BCUT2D eigenvalue weighted by molar-refractivity contribution is 0.0895. The second-order valence-electron chi connectivity index (χ2n) is 9.04. The molecule has 3 saturated carbocycles. The number of aromatic nitrogens is 4. The van der Waals surface area contributed by atoms with Crippen LogP contribution in [0.2, 0.25) is 0 Å². The number of nitrogens with zero attached hydrogens (tertiary/aromatic N) is 4. The molecule has 3 aliphatic rings. The van der Waals surface area contributed by atoms with Gasteiger partial charge in [-0.1, -0.05) is 23.8 Å². The highest BCUT2D eigenvalue weighted by atomic mass is 16.2. The number of nitrogens with one attached hydrogen (secondary N) is 1. The zero-order chi connectivity index (χ0) is 19.5. The Morgan fingerprint density at radius 2 is 2.03 bits per heavy atom. The smallest absolute Gasteiger partial charge is 0.273 e. The van der Waals surface area contributed by atoms with Crippen LogP contribution in [0.25, 0.3) is 16.5 Å². The van der Waals surface area contributed by atoms with Crippen molar-refractivity contribution in [2.75, 3.05) is 0 Å². The number of pyridine rings is 1. The molecule has 0 saturated heterocycles. The van der Waals surface area contributed by atoms with Crippen LogP contribution in [0.15, 0.2) is 36.7 Å². The van der Waals surface area contributed by atoms with Crippen LogP contribution in [0.4, 0.5) is 0 Å². The minimum Gasteiger partial charge on any atom is -0.348 e. The maximum atomic E-state index is 13.1. The van der Waals surface area contributed by atoms with Crippen LogP contribution in [-0.4, -0.2) is 31.9 Å². The van der Waals surface area contributed by atoms with E-state index < -0.39 is 0 Å². The molecule has 0 aliphatic heterocycles. The Balaban J connectivity index is 1.27. The summed E-state index contributed by atoms with van der Waals surface area (Å²) in [4.78, 5) is 17.3. The molecule has 0 radical (unpaired) electrons. The summed E-state index contributed by atoms with van der Waals surface area (Å²) in [7, 11) is 0. The van der Waals surface area contributed by atoms with Gasteiger partial charge in [0.15, 0.2) is 5.69 Å². The van der Waals surface area contributed by atoms with Crippen molar-refractivity contribution in [3.8, 4) is 5.69 Å². The van der Waals surface area contributed by atoms with E-state index in [0.717, 1.165) is 46.3 Å². The molecule has 5 atom stereocenters. The van der Waals surface area contributed by atoms with E-state index in [-0.39, 0.29) is 5.91 Å². The van der Waals surface area contributed by atoms with Crippen LogP contribution in [-0.2, 0) is 0 Å². The van der Waals surface area contributed by atoms with Crippen LogP contribution in [0.5, 0.6) is 0 Å². The van der Waals surface area contributed by atoms with E-state index >= 15 is 0 Å². The summed E-state index contributed by atoms with van der Waals surface area (Å²) in [6.45, 7) is 1.92. The maximum Gasteiger partial charge on any atom is 0.273 e. The molecule has 2 aromatic heterocycles. The quantitative estimate of drug-likeness (QED) is 0.744. The molecule has 1 amide bonds. The minimum absolute atomic E-state index is 0.0808. The number of carbonyl (C=O) groups is 1. The SMILES string of the molecule is Cc1c(C(=O)NC2CC3CC2C2CCCC32)nnn1-c1cccc2cnccc12. The molecule has 5 unspecified atom stereocenters. The van der Waals surface area contributed by atoms with Gasteiger partial charge in [0.2, 0.25) is 0 Å². The van der Waals surface area contributed by atoms with E-state index in [1.54, 1.807) is 10.9 Å². The normalized spacial score (nSPS) is 30.0. The summed E-state index contributed by atoms with van der Waals surface area (Å²) in [6, 6.07) is 8.28. The van der Waals surface area contributed by atoms with Gasteiger partial charge in [0.1, 0.15) is 0 Å². The molecule has 3 aromatic rings. The van der Waals surface area contributed by atoms with E-state index in [1.807, 2.05) is 37.4 Å². The number of rotatable bonds is 3. The third kappa shape index (κ3) is 2.54. The Labute approximate surface area is 169 Å². The summed E-state index contributed by atoms with van der Waals surface area (Å²) in [5.41, 5.74) is 2.12. The number of fused-ring (bicyclic) bond motifs is 6. The average molecular weight is 387 g/mol. The first kappa shape index (κ1) is 17.1. The van der Waals surface area contributed by atoms with Gasteiger partial charge in [-0.2, -0.15) is 0 Å². The van der Waals surface area contributed by atoms with Crippen LogP contribution in [0, 0.1) is 30.6 Å². The number of amides is 1. The van der Waals surface area contributed by atoms with Crippen LogP contribution in [0.1, 0.15) is 48.3 Å². The van der Waals surface area contributed by atoms with Gasteiger partial charge in [-0.3, -0.25) is 9.78 Å². The van der Waals surface area contributed by atoms with Crippen LogP contribution in [0.3, 0.4) is 0 Å². The second-order valence-corrected chi connectivity index (χ2v) is 9.04. The van der Waals surface area contributed by atoms with E-state index in [0.29, 0.717) is 17.7 Å². The third-order valence-electron chi connectivity index (χ3n) is 7.74. The lowest BCUT2D eigenvalue weighted by Crippen LogP contribution is -2.42. The first-order chi connectivity index (χ1) is 14.2. The van der Waals surface area contributed by atoms with Gasteiger partial charge in [-0.05, 0) is 68.4 Å². The third-order valence-corrected chi connectivity index (χ3v) is 7.74. The molecule has 3 aliphatic carbocycles. The van der Waals surface area contributed by atoms with Crippen LogP contribution < -0.4 is 5.32 Å². The number of hydrogen-bond donors (Lipinski definition) is 1. The fraction of sp³-hybridized carbons (Fsp3) is 0.478. The lowest BCUT2D eigenvalue weighted by atomic mass is 9.79. The predicted molar refractivity (Wildman–Crippen MR) is 110 cm³/mol. The molecule has 6 heteroatoms. The molecular weight excluding hydrogens is 362 g/mol. The van der Waals surface area contributed by atoms with Gasteiger partial charge in [0.25, 0.3) is 5.91 Å². The first-order valence-electron chi connectivity index (χ1n) is 10.8. The van der Waals surface area contributed by atoms with Gasteiger partial charge in [-0.15, -0.1) is 5.10 Å². The average Bonchev–Trinajstić information content (AvgIpc) is 3.49. The monoisotopic (exact) mass is 387 g/mol. The molecule has 148 valence electrons. The second kappa shape index (κ2) is 6.37. The molecule has 6 nitrogen and oxygen atoms in total. The van der Waals surface area contributed by atoms with E-state index in [1.165, 1.54) is 25.7 Å². The molecule has 29 heavy (non-hydrogen) atoms. The fourth-order valence-corrected chi connectivity index (χ4v) is 6.53. The summed E-state index contributed by atoms with van der Waals surface area (Å²) < 4.78 is 1.77. The van der Waals surface area contributed by atoms with E-state index in [2.05, 4.69) is 20.6 Å². The van der Waals surface area contributed by atoms with Crippen molar-refractivity contribution >= 4 is 16.7 Å². The highest BCUT2D eigenvalue weighted by molar-refractivity contribution is 5.94. The van der Waals surface area contributed by atoms with Crippen molar-refractivity contribution in [1.82, 2.24) is 25.3 Å². The number of carbonyl (C=O) groups excluding carboxylic acids is 1. The molecule has 2 heterocycles. The number of hydrogen-bond acceptors (Lipinski definition) is 4. The molecule has 1 N–H and O–H groups in total. The van der Waals surface area contributed by atoms with E-state index in [9.17, 15) is 4.79 Å². The van der Waals surface area contributed by atoms with Crippen molar-refractivity contribution in [3.63, 3.8) is 0 Å². The maximum absolute atomic E-state index is 13.1. The van der Waals surface area contributed by atoms with Crippen LogP contribution >= 0.6 is 0 Å². The van der Waals surface area contributed by atoms with Gasteiger partial charge in [0, 0.05) is 29.2 Å². The van der Waals surface area contributed by atoms with Gasteiger partial charge < -0.3 is 5.32 Å². The Hall–Kier alpha value is -2.76. The van der Waals surface area contributed by atoms with Gasteiger partial charge >= 0.3 is 0 Å². The Bertz CT molecular complexity index is 1100. The number of benzene rings is 1. The molecular formula is C23H25N5O. The van der Waals surface area contributed by atoms with Crippen molar-refractivity contribution in [1.29, 1.82) is 0 Å². The van der Waals surface area contributed by atoms with Crippen molar-refractivity contribution in [2.45, 2.75) is 45.1 Å². The summed E-state index contributed by atoms with van der Waals surface area (Å²) in [5, 5.41) is 14.0. The Morgan fingerprint density at radius 3 is 2.97 bits per heavy atom. The summed E-state index contributed by atoms with van der Waals surface area (Å²) in [5.74, 6) is 3.16. The largest absolute Gasteiger partial charge is 0.348 e. The van der Waals surface area contributed by atoms with Crippen molar-refractivity contribution in [2.24, 2.45) is 23.7 Å². The first-order valence-corrected chi connectivity index (χ1v) is 10.8. The Kier molecular flexibility index (Phi) is 3.76. The van der Waals surface area contributed by atoms with Crippen molar-refractivity contribution < 1.29 is 4.79 Å². The van der Waals surface area contributed by atoms with Crippen molar-refractivity contribution in [3.05, 3.63) is 48.0 Å². The predicted octanol–water partition coefficient (Wildman–Crippen LogP) is 3.68. The summed E-state index contributed by atoms with van der Waals surface area (Å²) in [6.07, 6.45) is 10.2. The van der Waals surface area contributed by atoms with Gasteiger partial charge in [-0.25, -0.2) is 4.68 Å². The van der Waals surface area contributed by atoms with Gasteiger partial charge in [0.05, 0.1) is 11.4 Å². The molecule has 6 rings (SSSR count). The standard InChI is InChI=1S/C23H25N5O/c1-13-22(23(29)25-20-11-15-10-19(20)18-6-3-5-16(15)18)26-27-28(13)21-7-2-4-14-12-24-9-8-17(14)21/h2,4,7-9,12,15-16,18-20H,3,5-6,10-11H2,1H3,(H,25,29). The Morgan fingerprint density at radius 1 is 1.14 bits per heavy atom. The lowest BCUT2D eigenvalue weighted by Gasteiger charge is -2.31. The molecule has 1 aromatic carbocycles. The molecule has 2 bridgehead atoms.